The summed E-state index contributed by atoms with van der Waals surface area (Å²) in [6.07, 6.45) is 8.36. The first kappa shape index (κ1) is 24.3. The largest absolute Gasteiger partial charge is 0.487 e. The first-order chi connectivity index (χ1) is 17.8. The Morgan fingerprint density at radius 2 is 1.73 bits per heavy atom. The van der Waals surface area contributed by atoms with Gasteiger partial charge < -0.3 is 4.74 Å². The van der Waals surface area contributed by atoms with Gasteiger partial charge in [0.1, 0.15) is 18.1 Å². The number of rotatable bonds is 6. The van der Waals surface area contributed by atoms with Gasteiger partial charge in [-0.15, -0.1) is 0 Å². The van der Waals surface area contributed by atoms with Crippen molar-refractivity contribution >= 4 is 26.5 Å². The molecule has 0 fully saturated rings. The van der Waals surface area contributed by atoms with Gasteiger partial charge in [-0.25, -0.2) is 9.19 Å². The molecule has 2 aromatic carbocycles. The Morgan fingerprint density at radius 1 is 1.00 bits per heavy atom. The fourth-order valence-electron chi connectivity index (χ4n) is 4.01. The van der Waals surface area contributed by atoms with Gasteiger partial charge in [0.05, 0.1) is 16.8 Å². The van der Waals surface area contributed by atoms with Gasteiger partial charge in [0.2, 0.25) is 0 Å². The molecule has 9 heteroatoms. The lowest BCUT2D eigenvalue weighted by atomic mass is 10.0. The van der Waals surface area contributed by atoms with E-state index in [0.717, 1.165) is 33.3 Å². The maximum Gasteiger partial charge on any atom is 0.287 e. The molecule has 8 nitrogen and oxygen atoms in total. The molecular weight excluding hydrogens is 486 g/mol. The fourth-order valence-corrected chi connectivity index (χ4v) is 4.50. The van der Waals surface area contributed by atoms with Crippen LogP contribution in [-0.4, -0.2) is 42.4 Å². The van der Waals surface area contributed by atoms with E-state index in [-0.39, 0.29) is 12.2 Å². The molecular formula is C28H25N5O3S. The van der Waals surface area contributed by atoms with E-state index >= 15 is 0 Å². The van der Waals surface area contributed by atoms with E-state index in [2.05, 4.69) is 19.4 Å². The number of aryl methyl sites for hydroxylation is 1. The second kappa shape index (κ2) is 9.94. The van der Waals surface area contributed by atoms with Crippen molar-refractivity contribution in [1.82, 2.24) is 19.7 Å². The highest BCUT2D eigenvalue weighted by Crippen LogP contribution is 2.31. The summed E-state index contributed by atoms with van der Waals surface area (Å²) >= 11 is 0. The first-order valence-corrected chi connectivity index (χ1v) is 13.9. The van der Waals surface area contributed by atoms with Crippen LogP contribution in [0.15, 0.2) is 89.7 Å². The summed E-state index contributed by atoms with van der Waals surface area (Å²) in [6, 6.07) is 20.7. The van der Waals surface area contributed by atoms with Crippen molar-refractivity contribution in [2.24, 2.45) is 11.4 Å². The van der Waals surface area contributed by atoms with Crippen LogP contribution in [0.4, 0.5) is 0 Å². The Bertz CT molecular complexity index is 1710. The molecule has 0 aliphatic rings. The van der Waals surface area contributed by atoms with Gasteiger partial charge >= 0.3 is 0 Å². The lowest BCUT2D eigenvalue weighted by Gasteiger charge is -2.11. The Kier molecular flexibility index (Phi) is 6.54. The van der Waals surface area contributed by atoms with E-state index in [1.807, 2.05) is 73.9 Å². The van der Waals surface area contributed by atoms with Gasteiger partial charge in [0, 0.05) is 64.4 Å². The summed E-state index contributed by atoms with van der Waals surface area (Å²) in [5.74, 6) is 0.0474. The second-order valence-electron chi connectivity index (χ2n) is 8.87. The van der Waals surface area contributed by atoms with E-state index < -0.39 is 15.6 Å². The first-order valence-electron chi connectivity index (χ1n) is 11.5. The SMILES string of the molecule is Cn1cc(-c2ccncc2)c(-c2ccc(OCc3nc4ccccc4cc3C(=O)N=S(C)(C)=O)cc2)n1. The molecule has 1 amide bonds. The fraction of sp³-hybridized carbons (Fsp3) is 0.143. The monoisotopic (exact) mass is 511 g/mol. The Labute approximate surface area is 215 Å². The zero-order valence-electron chi connectivity index (χ0n) is 20.7. The number of nitrogens with zero attached hydrogens (tertiary/aromatic N) is 5. The number of hydrogen-bond acceptors (Lipinski definition) is 6. The molecule has 5 rings (SSSR count). The van der Waals surface area contributed by atoms with Gasteiger partial charge in [-0.2, -0.15) is 9.46 Å². The van der Waals surface area contributed by atoms with Gasteiger partial charge in [0.25, 0.3) is 5.91 Å². The van der Waals surface area contributed by atoms with Crippen molar-refractivity contribution in [3.63, 3.8) is 0 Å². The Balaban J connectivity index is 1.42. The van der Waals surface area contributed by atoms with Crippen LogP contribution in [0.1, 0.15) is 16.1 Å². The van der Waals surface area contributed by atoms with Crippen LogP contribution in [0, 0.1) is 0 Å². The molecule has 5 aromatic rings. The van der Waals surface area contributed by atoms with Crippen LogP contribution >= 0.6 is 0 Å². The third-order valence-electron chi connectivity index (χ3n) is 5.66. The molecule has 0 aliphatic carbocycles. The molecule has 3 heterocycles. The molecule has 0 aliphatic heterocycles. The van der Waals surface area contributed by atoms with Gasteiger partial charge in [-0.05, 0) is 54.1 Å². The van der Waals surface area contributed by atoms with Crippen LogP contribution in [0.2, 0.25) is 0 Å². The molecule has 0 spiro atoms. The number of amides is 1. The lowest BCUT2D eigenvalue weighted by Crippen LogP contribution is -2.09. The highest BCUT2D eigenvalue weighted by molar-refractivity contribution is 7.92. The van der Waals surface area contributed by atoms with Gasteiger partial charge in [-0.1, -0.05) is 18.2 Å². The highest BCUT2D eigenvalue weighted by Gasteiger charge is 2.17. The Morgan fingerprint density at radius 3 is 2.46 bits per heavy atom. The van der Waals surface area contributed by atoms with Crippen LogP contribution in [-0.2, 0) is 23.4 Å². The smallest absolute Gasteiger partial charge is 0.287 e. The minimum absolute atomic E-state index is 0.0568. The number of hydrogen-bond donors (Lipinski definition) is 0. The van der Waals surface area contributed by atoms with E-state index in [4.69, 9.17) is 4.74 Å². The van der Waals surface area contributed by atoms with Crippen molar-refractivity contribution in [2.45, 2.75) is 6.61 Å². The number of pyridine rings is 2. The molecule has 186 valence electrons. The van der Waals surface area contributed by atoms with Crippen LogP contribution in [0.25, 0.3) is 33.3 Å². The molecule has 0 radical (unpaired) electrons. The number of ether oxygens (including phenoxy) is 1. The van der Waals surface area contributed by atoms with Gasteiger partial charge in [0.15, 0.2) is 0 Å². The van der Waals surface area contributed by atoms with Crippen molar-refractivity contribution in [3.8, 4) is 28.1 Å². The quantitative estimate of drug-likeness (QED) is 0.313. The third-order valence-corrected chi connectivity index (χ3v) is 6.26. The second-order valence-corrected chi connectivity index (χ2v) is 11.4. The number of benzene rings is 2. The minimum atomic E-state index is -2.62. The normalized spacial score (nSPS) is 11.4. The number of carbonyl (C=O) groups is 1. The molecule has 0 saturated carbocycles. The number of fused-ring (bicyclic) bond motifs is 1. The van der Waals surface area contributed by atoms with Crippen LogP contribution in [0.3, 0.4) is 0 Å². The third kappa shape index (κ3) is 5.57. The molecule has 0 bridgehead atoms. The molecule has 0 atom stereocenters. The predicted octanol–water partition coefficient (Wildman–Crippen LogP) is 5.14. The summed E-state index contributed by atoms with van der Waals surface area (Å²) in [7, 11) is -0.724. The van der Waals surface area contributed by atoms with Crippen LogP contribution < -0.4 is 4.74 Å². The predicted molar refractivity (Wildman–Crippen MR) is 145 cm³/mol. The number of aromatic nitrogens is 4. The standard InChI is InChI=1S/C28H25N5O3S/c1-33-17-24(19-12-14-29-15-13-19)27(31-33)20-8-10-22(11-9-20)36-18-26-23(28(34)32-37(2,3)35)16-21-6-4-5-7-25(21)30-26/h4-17H,18H2,1-3H3. The molecule has 0 unspecified atom stereocenters. The van der Waals surface area contributed by atoms with Crippen molar-refractivity contribution in [1.29, 1.82) is 0 Å². The number of para-hydroxylation sites is 1. The van der Waals surface area contributed by atoms with E-state index in [9.17, 15) is 9.00 Å². The molecule has 37 heavy (non-hydrogen) atoms. The lowest BCUT2D eigenvalue weighted by molar-refractivity contribution is 0.100. The number of carbonyl (C=O) groups excluding carboxylic acids is 1. The summed E-state index contributed by atoms with van der Waals surface area (Å²) in [4.78, 5) is 21.6. The maximum absolute atomic E-state index is 12.8. The summed E-state index contributed by atoms with van der Waals surface area (Å²) in [6.45, 7) is 0.0568. The maximum atomic E-state index is 12.8. The van der Waals surface area contributed by atoms with E-state index in [1.54, 1.807) is 23.1 Å². The van der Waals surface area contributed by atoms with Gasteiger partial charge in [-0.3, -0.25) is 14.5 Å². The minimum Gasteiger partial charge on any atom is -0.487 e. The summed E-state index contributed by atoms with van der Waals surface area (Å²) < 4.78 is 23.8. The van der Waals surface area contributed by atoms with Crippen molar-refractivity contribution < 1.29 is 13.7 Å². The molecule has 3 aromatic heterocycles. The average molecular weight is 512 g/mol. The van der Waals surface area contributed by atoms with Crippen molar-refractivity contribution in [2.75, 3.05) is 12.5 Å². The zero-order valence-corrected chi connectivity index (χ0v) is 21.5. The topological polar surface area (TPSA) is 99.3 Å². The van der Waals surface area contributed by atoms with Crippen LogP contribution in [0.5, 0.6) is 5.75 Å². The summed E-state index contributed by atoms with van der Waals surface area (Å²) in [5, 5.41) is 5.44. The Hall–Kier alpha value is -4.37. The summed E-state index contributed by atoms with van der Waals surface area (Å²) in [5.41, 5.74) is 5.29. The van der Waals surface area contributed by atoms with E-state index in [1.165, 1.54) is 12.5 Å². The highest BCUT2D eigenvalue weighted by atomic mass is 32.2. The molecule has 0 saturated heterocycles. The van der Waals surface area contributed by atoms with E-state index in [0.29, 0.717) is 11.4 Å². The van der Waals surface area contributed by atoms with Crippen molar-refractivity contribution in [3.05, 3.63) is 96.6 Å². The molecule has 0 N–H and O–H groups in total. The zero-order chi connectivity index (χ0) is 26.0. The average Bonchev–Trinajstić information content (AvgIpc) is 3.28.